The maximum atomic E-state index is 12.9. The van der Waals surface area contributed by atoms with E-state index in [0.29, 0.717) is 17.6 Å². The predicted octanol–water partition coefficient (Wildman–Crippen LogP) is 4.61. The smallest absolute Gasteiger partial charge is 0.262 e. The molecule has 1 fully saturated rings. The lowest BCUT2D eigenvalue weighted by Crippen LogP contribution is -2.29. The number of rotatable bonds is 6. The number of aromatic nitrogens is 3. The van der Waals surface area contributed by atoms with Crippen molar-refractivity contribution in [2.75, 3.05) is 37.9 Å². The van der Waals surface area contributed by atoms with Crippen molar-refractivity contribution in [2.24, 2.45) is 0 Å². The van der Waals surface area contributed by atoms with Gasteiger partial charge in [-0.3, -0.25) is 9.78 Å². The van der Waals surface area contributed by atoms with E-state index in [1.165, 1.54) is 37.3 Å². The Hall–Kier alpha value is -3.52. The molecular formula is C26H32N6O2. The summed E-state index contributed by atoms with van der Waals surface area (Å²) in [6.07, 6.45) is 5.56. The quantitative estimate of drug-likeness (QED) is 0.555. The fourth-order valence-electron chi connectivity index (χ4n) is 4.46. The SMILES string of the molecule is COc1nc(Nc2ccc(C3CCN(C)CC3)c(C)c2)ncc1C(=O)Nc1c(C)ccnc1C. The van der Waals surface area contributed by atoms with Crippen LogP contribution in [0.3, 0.4) is 0 Å². The first-order valence-corrected chi connectivity index (χ1v) is 11.6. The number of likely N-dealkylation sites (tertiary alicyclic amines) is 1. The number of benzene rings is 1. The molecule has 8 heteroatoms. The first kappa shape index (κ1) is 23.6. The molecular weight excluding hydrogens is 428 g/mol. The summed E-state index contributed by atoms with van der Waals surface area (Å²) in [7, 11) is 3.67. The van der Waals surface area contributed by atoms with Gasteiger partial charge in [0.15, 0.2) is 0 Å². The van der Waals surface area contributed by atoms with Crippen LogP contribution in [0.5, 0.6) is 5.88 Å². The molecule has 3 heterocycles. The third kappa shape index (κ3) is 5.17. The Bertz CT molecular complexity index is 1170. The van der Waals surface area contributed by atoms with Crippen LogP contribution < -0.4 is 15.4 Å². The van der Waals surface area contributed by atoms with Crippen LogP contribution in [0.25, 0.3) is 0 Å². The standard InChI is InChI=1S/C26H32N6O2/c1-16-8-11-27-18(3)23(16)30-24(33)22-15-28-26(31-25(22)34-5)29-20-6-7-21(17(2)14-20)19-9-12-32(4)13-10-19/h6-8,11,14-15,19H,9-10,12-13H2,1-5H3,(H,30,33)(H,28,29,31). The van der Waals surface area contributed by atoms with Gasteiger partial charge in [-0.15, -0.1) is 0 Å². The Morgan fingerprint density at radius 2 is 1.85 bits per heavy atom. The van der Waals surface area contributed by atoms with Gasteiger partial charge in [0, 0.05) is 18.1 Å². The Morgan fingerprint density at radius 1 is 1.09 bits per heavy atom. The van der Waals surface area contributed by atoms with E-state index in [2.05, 4.69) is 62.7 Å². The lowest BCUT2D eigenvalue weighted by atomic mass is 9.87. The van der Waals surface area contributed by atoms with Crippen LogP contribution in [0.2, 0.25) is 0 Å². The summed E-state index contributed by atoms with van der Waals surface area (Å²) in [5.74, 6) is 0.829. The molecule has 178 valence electrons. The summed E-state index contributed by atoms with van der Waals surface area (Å²) in [6, 6.07) is 8.23. The topological polar surface area (TPSA) is 92.3 Å². The Morgan fingerprint density at radius 3 is 2.53 bits per heavy atom. The first-order chi connectivity index (χ1) is 16.4. The second kappa shape index (κ2) is 10.2. The monoisotopic (exact) mass is 460 g/mol. The molecule has 3 aromatic rings. The zero-order valence-corrected chi connectivity index (χ0v) is 20.5. The van der Waals surface area contributed by atoms with E-state index in [4.69, 9.17) is 4.74 Å². The minimum absolute atomic E-state index is 0.203. The normalized spacial score (nSPS) is 14.6. The number of pyridine rings is 1. The second-order valence-corrected chi connectivity index (χ2v) is 8.93. The number of amides is 1. The zero-order chi connectivity index (χ0) is 24.2. The van der Waals surface area contributed by atoms with Gasteiger partial charge in [-0.2, -0.15) is 4.98 Å². The molecule has 2 aromatic heterocycles. The van der Waals surface area contributed by atoms with E-state index in [9.17, 15) is 4.79 Å². The molecule has 34 heavy (non-hydrogen) atoms. The summed E-state index contributed by atoms with van der Waals surface area (Å²) >= 11 is 0. The van der Waals surface area contributed by atoms with Crippen LogP contribution in [0.1, 0.15) is 51.5 Å². The number of piperidine rings is 1. The van der Waals surface area contributed by atoms with E-state index in [-0.39, 0.29) is 17.4 Å². The fourth-order valence-corrected chi connectivity index (χ4v) is 4.46. The van der Waals surface area contributed by atoms with Gasteiger partial charge in [0.05, 0.1) is 18.5 Å². The Balaban J connectivity index is 1.49. The van der Waals surface area contributed by atoms with Crippen LogP contribution >= 0.6 is 0 Å². The summed E-state index contributed by atoms with van der Waals surface area (Å²) in [4.78, 5) is 28.3. The van der Waals surface area contributed by atoms with Gasteiger partial charge in [-0.1, -0.05) is 6.07 Å². The van der Waals surface area contributed by atoms with Crippen LogP contribution in [-0.2, 0) is 0 Å². The van der Waals surface area contributed by atoms with Crippen molar-refractivity contribution >= 4 is 23.2 Å². The largest absolute Gasteiger partial charge is 0.480 e. The summed E-state index contributed by atoms with van der Waals surface area (Å²) in [5, 5.41) is 6.14. The van der Waals surface area contributed by atoms with Gasteiger partial charge < -0.3 is 20.3 Å². The predicted molar refractivity (Wildman–Crippen MR) is 134 cm³/mol. The van der Waals surface area contributed by atoms with Gasteiger partial charge in [0.1, 0.15) is 5.56 Å². The molecule has 0 unspecified atom stereocenters. The van der Waals surface area contributed by atoms with Crippen LogP contribution in [0.4, 0.5) is 17.3 Å². The van der Waals surface area contributed by atoms with E-state index in [1.807, 2.05) is 19.9 Å². The van der Waals surface area contributed by atoms with Crippen molar-refractivity contribution in [3.63, 3.8) is 0 Å². The van der Waals surface area contributed by atoms with Crippen molar-refractivity contribution in [1.29, 1.82) is 0 Å². The molecule has 8 nitrogen and oxygen atoms in total. The number of carbonyl (C=O) groups excluding carboxylic acids is 1. The van der Waals surface area contributed by atoms with Crippen molar-refractivity contribution in [3.05, 3.63) is 64.6 Å². The molecule has 1 aliphatic rings. The third-order valence-corrected chi connectivity index (χ3v) is 6.46. The van der Waals surface area contributed by atoms with Gasteiger partial charge in [0.2, 0.25) is 11.8 Å². The molecule has 1 aromatic carbocycles. The van der Waals surface area contributed by atoms with Gasteiger partial charge in [0.25, 0.3) is 5.91 Å². The molecule has 0 atom stereocenters. The molecule has 1 saturated heterocycles. The minimum Gasteiger partial charge on any atom is -0.480 e. The highest BCUT2D eigenvalue weighted by molar-refractivity contribution is 6.06. The number of ether oxygens (including phenoxy) is 1. The lowest BCUT2D eigenvalue weighted by molar-refractivity contribution is 0.102. The fraction of sp³-hybridized carbons (Fsp3) is 0.385. The van der Waals surface area contributed by atoms with E-state index >= 15 is 0 Å². The molecule has 0 aliphatic carbocycles. The van der Waals surface area contributed by atoms with E-state index < -0.39 is 0 Å². The number of carbonyl (C=O) groups is 1. The van der Waals surface area contributed by atoms with Crippen LogP contribution in [0, 0.1) is 20.8 Å². The van der Waals surface area contributed by atoms with Crippen LogP contribution in [0.15, 0.2) is 36.7 Å². The molecule has 0 spiro atoms. The number of hydrogen-bond acceptors (Lipinski definition) is 7. The van der Waals surface area contributed by atoms with Crippen molar-refractivity contribution in [1.82, 2.24) is 19.9 Å². The molecule has 2 N–H and O–H groups in total. The average Bonchev–Trinajstić information content (AvgIpc) is 2.82. The van der Waals surface area contributed by atoms with Crippen molar-refractivity contribution in [3.8, 4) is 5.88 Å². The summed E-state index contributed by atoms with van der Waals surface area (Å²) in [5.41, 5.74) is 6.16. The molecule has 0 radical (unpaired) electrons. The maximum Gasteiger partial charge on any atom is 0.262 e. The summed E-state index contributed by atoms with van der Waals surface area (Å²) in [6.45, 7) is 8.19. The molecule has 4 rings (SSSR count). The minimum atomic E-state index is -0.346. The average molecular weight is 461 g/mol. The number of nitrogens with zero attached hydrogens (tertiary/aromatic N) is 4. The first-order valence-electron chi connectivity index (χ1n) is 11.6. The lowest BCUT2D eigenvalue weighted by Gasteiger charge is -2.30. The maximum absolute atomic E-state index is 12.9. The number of hydrogen-bond donors (Lipinski definition) is 2. The molecule has 1 amide bonds. The Kier molecular flexibility index (Phi) is 7.07. The number of methoxy groups -OCH3 is 1. The molecule has 0 saturated carbocycles. The van der Waals surface area contributed by atoms with Crippen molar-refractivity contribution < 1.29 is 9.53 Å². The van der Waals surface area contributed by atoms with E-state index in [1.54, 1.807) is 6.20 Å². The highest BCUT2D eigenvalue weighted by Crippen LogP contribution is 2.31. The summed E-state index contributed by atoms with van der Waals surface area (Å²) < 4.78 is 5.40. The highest BCUT2D eigenvalue weighted by Gasteiger charge is 2.21. The second-order valence-electron chi connectivity index (χ2n) is 8.93. The molecule has 0 bridgehead atoms. The Labute approximate surface area is 200 Å². The zero-order valence-electron chi connectivity index (χ0n) is 20.5. The van der Waals surface area contributed by atoms with Gasteiger partial charge >= 0.3 is 0 Å². The third-order valence-electron chi connectivity index (χ3n) is 6.46. The van der Waals surface area contributed by atoms with Crippen molar-refractivity contribution in [2.45, 2.75) is 39.5 Å². The highest BCUT2D eigenvalue weighted by atomic mass is 16.5. The molecule has 1 aliphatic heterocycles. The van der Waals surface area contributed by atoms with Gasteiger partial charge in [-0.05, 0) is 94.6 Å². The van der Waals surface area contributed by atoms with Gasteiger partial charge in [-0.25, -0.2) is 4.98 Å². The number of nitrogens with one attached hydrogen (secondary N) is 2. The number of anilines is 3. The van der Waals surface area contributed by atoms with E-state index in [0.717, 1.165) is 30.0 Å². The number of aryl methyl sites for hydroxylation is 3. The van der Waals surface area contributed by atoms with Crippen LogP contribution in [-0.4, -0.2) is 53.0 Å².